The first-order valence-electron chi connectivity index (χ1n) is 11.2. The number of hydrogen-bond donors (Lipinski definition) is 1. The molecule has 0 radical (unpaired) electrons. The van der Waals surface area contributed by atoms with Gasteiger partial charge in [0.05, 0.1) is 11.6 Å². The molecular weight excluding hydrogens is 374 g/mol. The van der Waals surface area contributed by atoms with Crippen LogP contribution in [0.2, 0.25) is 0 Å². The van der Waals surface area contributed by atoms with E-state index in [1.54, 1.807) is 0 Å². The van der Waals surface area contributed by atoms with Crippen LogP contribution in [0.25, 0.3) is 0 Å². The predicted octanol–water partition coefficient (Wildman–Crippen LogP) is 3.13. The lowest BCUT2D eigenvalue weighted by Gasteiger charge is -2.21. The highest BCUT2D eigenvalue weighted by Crippen LogP contribution is 2.34. The molecule has 2 aliphatic rings. The summed E-state index contributed by atoms with van der Waals surface area (Å²) in [6.07, 6.45) is 4.25. The van der Waals surface area contributed by atoms with E-state index in [-0.39, 0.29) is 23.8 Å². The van der Waals surface area contributed by atoms with Gasteiger partial charge in [-0.25, -0.2) is 9.97 Å². The number of benzene rings is 1. The second kappa shape index (κ2) is 9.13. The van der Waals surface area contributed by atoms with Crippen molar-refractivity contribution in [3.8, 4) is 0 Å². The molecular formula is C24H33N5O. The summed E-state index contributed by atoms with van der Waals surface area (Å²) >= 11 is 0. The van der Waals surface area contributed by atoms with E-state index in [0.717, 1.165) is 44.4 Å². The lowest BCUT2D eigenvalue weighted by Crippen LogP contribution is -2.38. The largest absolute Gasteiger partial charge is 0.354 e. The van der Waals surface area contributed by atoms with E-state index in [9.17, 15) is 4.79 Å². The number of carbonyl (C=O) groups excluding carboxylic acids is 1. The van der Waals surface area contributed by atoms with Crippen LogP contribution in [-0.4, -0.2) is 53.0 Å². The fourth-order valence-electron chi connectivity index (χ4n) is 4.64. The summed E-state index contributed by atoms with van der Waals surface area (Å²) in [5, 5.41) is 3.13. The minimum Gasteiger partial charge on any atom is -0.354 e. The van der Waals surface area contributed by atoms with Crippen molar-refractivity contribution in [2.45, 2.75) is 52.1 Å². The average molecular weight is 408 g/mol. The van der Waals surface area contributed by atoms with Crippen LogP contribution in [0.5, 0.6) is 0 Å². The Labute approximate surface area is 179 Å². The first kappa shape index (κ1) is 20.8. The Morgan fingerprint density at radius 3 is 2.67 bits per heavy atom. The Balaban J connectivity index is 1.57. The molecule has 0 spiro atoms. The summed E-state index contributed by atoms with van der Waals surface area (Å²) in [7, 11) is 0. The molecule has 1 aromatic carbocycles. The number of carbonyl (C=O) groups is 1. The molecule has 0 bridgehead atoms. The number of aryl methyl sites for hydroxylation is 1. The Kier molecular flexibility index (Phi) is 6.32. The smallest absolute Gasteiger partial charge is 0.225 e. The summed E-state index contributed by atoms with van der Waals surface area (Å²) in [5.74, 6) is 0.920. The molecule has 1 N–H and O–H groups in total. The minimum atomic E-state index is -0.0993. The van der Waals surface area contributed by atoms with Gasteiger partial charge < -0.3 is 10.2 Å². The zero-order chi connectivity index (χ0) is 21.1. The van der Waals surface area contributed by atoms with E-state index in [4.69, 9.17) is 4.98 Å². The fourth-order valence-corrected chi connectivity index (χ4v) is 4.64. The van der Waals surface area contributed by atoms with E-state index in [2.05, 4.69) is 51.3 Å². The molecule has 2 saturated heterocycles. The number of nitrogens with one attached hydrogen (secondary N) is 1. The van der Waals surface area contributed by atoms with Crippen LogP contribution in [0.1, 0.15) is 49.4 Å². The van der Waals surface area contributed by atoms with Crippen molar-refractivity contribution in [2.75, 3.05) is 31.1 Å². The molecule has 6 nitrogen and oxygen atoms in total. The Hall–Kier alpha value is -2.47. The molecule has 2 aliphatic heterocycles. The highest BCUT2D eigenvalue weighted by Gasteiger charge is 2.39. The molecule has 3 heterocycles. The minimum absolute atomic E-state index is 0.0807. The molecule has 2 atom stereocenters. The van der Waals surface area contributed by atoms with Crippen LogP contribution in [0.3, 0.4) is 0 Å². The maximum Gasteiger partial charge on any atom is 0.225 e. The molecule has 1 aromatic heterocycles. The molecule has 6 heteroatoms. The molecule has 0 aliphatic carbocycles. The van der Waals surface area contributed by atoms with Crippen molar-refractivity contribution in [1.29, 1.82) is 0 Å². The van der Waals surface area contributed by atoms with Crippen LogP contribution in [0.15, 0.2) is 36.5 Å². The summed E-state index contributed by atoms with van der Waals surface area (Å²) in [4.78, 5) is 27.1. The summed E-state index contributed by atoms with van der Waals surface area (Å²) in [6, 6.07) is 10.6. The lowest BCUT2D eigenvalue weighted by atomic mass is 9.91. The van der Waals surface area contributed by atoms with Crippen LogP contribution >= 0.6 is 0 Å². The molecule has 160 valence electrons. The van der Waals surface area contributed by atoms with Gasteiger partial charge in [-0.2, -0.15) is 0 Å². The summed E-state index contributed by atoms with van der Waals surface area (Å²) in [6.45, 7) is 10.7. The van der Waals surface area contributed by atoms with Crippen molar-refractivity contribution >= 4 is 11.9 Å². The maximum absolute atomic E-state index is 13.1. The highest BCUT2D eigenvalue weighted by molar-refractivity contribution is 5.80. The maximum atomic E-state index is 13.1. The zero-order valence-electron chi connectivity index (χ0n) is 18.3. The summed E-state index contributed by atoms with van der Waals surface area (Å²) in [5.41, 5.74) is 3.60. The van der Waals surface area contributed by atoms with Gasteiger partial charge in [-0.1, -0.05) is 24.3 Å². The van der Waals surface area contributed by atoms with E-state index < -0.39 is 0 Å². The van der Waals surface area contributed by atoms with E-state index in [1.165, 1.54) is 24.0 Å². The zero-order valence-corrected chi connectivity index (χ0v) is 18.3. The van der Waals surface area contributed by atoms with E-state index in [1.807, 2.05) is 26.1 Å². The number of likely N-dealkylation sites (tertiary alicyclic amines) is 1. The lowest BCUT2D eigenvalue weighted by molar-refractivity contribution is -0.125. The van der Waals surface area contributed by atoms with Crippen molar-refractivity contribution in [2.24, 2.45) is 5.92 Å². The van der Waals surface area contributed by atoms with Gasteiger partial charge in [-0.3, -0.25) is 9.69 Å². The second-order valence-electron chi connectivity index (χ2n) is 8.97. The third-order valence-corrected chi connectivity index (χ3v) is 6.25. The number of aromatic nitrogens is 2. The number of amides is 1. The monoisotopic (exact) mass is 407 g/mol. The second-order valence-corrected chi connectivity index (χ2v) is 8.97. The van der Waals surface area contributed by atoms with Gasteiger partial charge in [0.25, 0.3) is 0 Å². The van der Waals surface area contributed by atoms with Gasteiger partial charge in [-0.15, -0.1) is 0 Å². The first-order chi connectivity index (χ1) is 14.5. The number of anilines is 1. The molecule has 4 rings (SSSR count). The van der Waals surface area contributed by atoms with Crippen LogP contribution in [0, 0.1) is 12.8 Å². The number of hydrogen-bond acceptors (Lipinski definition) is 5. The van der Waals surface area contributed by atoms with Crippen LogP contribution < -0.4 is 10.2 Å². The Morgan fingerprint density at radius 1 is 1.17 bits per heavy atom. The van der Waals surface area contributed by atoms with Crippen LogP contribution in [0.4, 0.5) is 5.95 Å². The normalized spacial score (nSPS) is 22.1. The van der Waals surface area contributed by atoms with Gasteiger partial charge in [0, 0.05) is 50.9 Å². The van der Waals surface area contributed by atoms with Gasteiger partial charge in [0.1, 0.15) is 0 Å². The van der Waals surface area contributed by atoms with E-state index >= 15 is 0 Å². The van der Waals surface area contributed by atoms with Crippen molar-refractivity contribution in [3.05, 3.63) is 53.3 Å². The standard InChI is InChI=1S/C24H33N5O/c1-17(2)26-23(30)21-16-28(14-19-9-5-4-8-18(19)3)15-20(21)22-10-11-25-24(27-22)29-12-6-7-13-29/h4-5,8-11,17,20-21H,6-7,12-16H2,1-3H3,(H,26,30)/t20-,21-/m1/s1. The third kappa shape index (κ3) is 4.64. The molecule has 0 saturated carbocycles. The van der Waals surface area contributed by atoms with E-state index in [0.29, 0.717) is 0 Å². The van der Waals surface area contributed by atoms with Crippen molar-refractivity contribution < 1.29 is 4.79 Å². The molecule has 1 amide bonds. The Morgan fingerprint density at radius 2 is 1.93 bits per heavy atom. The van der Waals surface area contributed by atoms with Gasteiger partial charge in [-0.05, 0) is 50.8 Å². The fraction of sp³-hybridized carbons (Fsp3) is 0.542. The highest BCUT2D eigenvalue weighted by atomic mass is 16.2. The topological polar surface area (TPSA) is 61.4 Å². The predicted molar refractivity (Wildman–Crippen MR) is 119 cm³/mol. The quantitative estimate of drug-likeness (QED) is 0.797. The van der Waals surface area contributed by atoms with Gasteiger partial charge in [0.2, 0.25) is 11.9 Å². The molecule has 0 unspecified atom stereocenters. The third-order valence-electron chi connectivity index (χ3n) is 6.25. The molecule has 30 heavy (non-hydrogen) atoms. The SMILES string of the molecule is Cc1ccccc1CN1C[C@@H](C(=O)NC(C)C)[C@H](c2ccnc(N3CCCC3)n2)C1. The molecule has 2 aromatic rings. The average Bonchev–Trinajstić information content (AvgIpc) is 3.40. The van der Waals surface area contributed by atoms with Crippen molar-refractivity contribution in [3.63, 3.8) is 0 Å². The Bertz CT molecular complexity index is 877. The van der Waals surface area contributed by atoms with Gasteiger partial charge in [0.15, 0.2) is 0 Å². The number of rotatable bonds is 6. The molecule has 2 fully saturated rings. The van der Waals surface area contributed by atoms with Crippen LogP contribution in [-0.2, 0) is 11.3 Å². The summed E-state index contributed by atoms with van der Waals surface area (Å²) < 4.78 is 0. The first-order valence-corrected chi connectivity index (χ1v) is 11.2. The van der Waals surface area contributed by atoms with Crippen molar-refractivity contribution in [1.82, 2.24) is 20.2 Å². The number of nitrogens with zero attached hydrogens (tertiary/aromatic N) is 4. The van der Waals surface area contributed by atoms with Gasteiger partial charge >= 0.3 is 0 Å².